The van der Waals surface area contributed by atoms with E-state index in [0.717, 1.165) is 12.8 Å². The Morgan fingerprint density at radius 3 is 2.52 bits per heavy atom. The first kappa shape index (κ1) is 17.8. The van der Waals surface area contributed by atoms with Crippen LogP contribution in [-0.2, 0) is 25.0 Å². The Morgan fingerprint density at radius 2 is 1.90 bits per heavy atom. The van der Waals surface area contributed by atoms with Crippen molar-refractivity contribution in [1.82, 2.24) is 0 Å². The van der Waals surface area contributed by atoms with Crippen molar-refractivity contribution in [1.29, 1.82) is 0 Å². The quantitative estimate of drug-likeness (QED) is 0.484. The molecule has 2 atom stereocenters. The summed E-state index contributed by atoms with van der Waals surface area (Å²) in [5, 5.41) is 0. The average molecular weight is 311 g/mol. The molecule has 0 saturated heterocycles. The van der Waals surface area contributed by atoms with Crippen molar-refractivity contribution in [3.8, 4) is 0 Å². The van der Waals surface area contributed by atoms with E-state index in [1.165, 1.54) is 5.56 Å². The average Bonchev–Trinajstić information content (AvgIpc) is 2.48. The first-order chi connectivity index (χ1) is 10.2. The number of hydrogen-bond donors (Lipinski definition) is 0. The first-order valence-corrected chi connectivity index (χ1v) is 8.81. The lowest BCUT2D eigenvalue weighted by atomic mass is 10.0. The van der Waals surface area contributed by atoms with Crippen LogP contribution < -0.4 is 0 Å². The van der Waals surface area contributed by atoms with Crippen LogP contribution >= 0.6 is 8.03 Å². The van der Waals surface area contributed by atoms with Crippen LogP contribution in [0.4, 0.5) is 0 Å². The molecule has 0 aliphatic heterocycles. The van der Waals surface area contributed by atoms with Crippen molar-refractivity contribution in [3.63, 3.8) is 0 Å². The fourth-order valence-corrected chi connectivity index (χ4v) is 3.20. The minimum Gasteiger partial charge on any atom is -0.466 e. The van der Waals surface area contributed by atoms with Gasteiger partial charge < -0.3 is 4.74 Å². The fourth-order valence-electron chi connectivity index (χ4n) is 2.12. The summed E-state index contributed by atoms with van der Waals surface area (Å²) in [6.07, 6.45) is 2.68. The highest BCUT2D eigenvalue weighted by molar-refractivity contribution is 7.39. The summed E-state index contributed by atoms with van der Waals surface area (Å²) in [4.78, 5) is 11.9. The van der Waals surface area contributed by atoms with Gasteiger partial charge in [0.1, 0.15) is 5.92 Å². The second-order valence-corrected chi connectivity index (χ2v) is 6.05. The Kier molecular flexibility index (Phi) is 8.88. The Bertz CT molecular complexity index is 433. The molecular weight excluding hydrogens is 287 g/mol. The lowest BCUT2D eigenvalue weighted by Gasteiger charge is -2.10. The number of rotatable bonds is 10. The van der Waals surface area contributed by atoms with Crippen molar-refractivity contribution in [2.24, 2.45) is 5.92 Å². The maximum atomic E-state index is 11.9. The van der Waals surface area contributed by atoms with E-state index in [0.29, 0.717) is 19.6 Å². The minimum absolute atomic E-state index is 0.247. The molecule has 0 N–H and O–H groups in total. The van der Waals surface area contributed by atoms with Gasteiger partial charge in [-0.25, -0.2) is 0 Å². The molecule has 1 aromatic rings. The largest absolute Gasteiger partial charge is 0.508 e. The van der Waals surface area contributed by atoms with Gasteiger partial charge in [0.2, 0.25) is 0 Å². The highest BCUT2D eigenvalue weighted by Gasteiger charge is 2.30. The zero-order valence-corrected chi connectivity index (χ0v) is 13.7. The van der Waals surface area contributed by atoms with Gasteiger partial charge in [-0.05, 0) is 43.2 Å². The van der Waals surface area contributed by atoms with Crippen molar-refractivity contribution in [2.45, 2.75) is 33.1 Å². The van der Waals surface area contributed by atoms with Crippen LogP contribution in [0.5, 0.6) is 0 Å². The van der Waals surface area contributed by atoms with E-state index in [-0.39, 0.29) is 18.0 Å². The third-order valence-corrected chi connectivity index (χ3v) is 4.41. The van der Waals surface area contributed by atoms with Gasteiger partial charge in [0.15, 0.2) is 6.16 Å². The standard InChI is InChI=1S/C16H24O4P/c1-3-19-16(17)15(13-21(18)20-4-2)12-8-11-14-9-6-5-7-10-14/h5-7,9-10,15H,3-4,8,11-13H2,1-2H3/q+1. The Labute approximate surface area is 127 Å². The molecule has 4 nitrogen and oxygen atoms in total. The van der Waals surface area contributed by atoms with Crippen LogP contribution in [0, 0.1) is 5.92 Å². The van der Waals surface area contributed by atoms with Crippen LogP contribution in [0.1, 0.15) is 32.3 Å². The van der Waals surface area contributed by atoms with E-state index in [9.17, 15) is 9.36 Å². The first-order valence-electron chi connectivity index (χ1n) is 7.45. The van der Waals surface area contributed by atoms with Crippen molar-refractivity contribution < 1.29 is 18.6 Å². The summed E-state index contributed by atoms with van der Waals surface area (Å²) in [6.45, 7) is 4.32. The van der Waals surface area contributed by atoms with E-state index in [1.54, 1.807) is 13.8 Å². The maximum Gasteiger partial charge on any atom is 0.508 e. The molecule has 0 fully saturated rings. The van der Waals surface area contributed by atoms with E-state index < -0.39 is 8.03 Å². The molecule has 2 unspecified atom stereocenters. The molecule has 0 bridgehead atoms. The van der Waals surface area contributed by atoms with Gasteiger partial charge in [-0.15, -0.1) is 4.52 Å². The molecule has 0 aliphatic carbocycles. The Morgan fingerprint density at radius 1 is 1.19 bits per heavy atom. The third-order valence-electron chi connectivity index (χ3n) is 3.12. The van der Waals surface area contributed by atoms with Crippen LogP contribution in [-0.4, -0.2) is 25.3 Å². The van der Waals surface area contributed by atoms with E-state index >= 15 is 0 Å². The second-order valence-electron chi connectivity index (χ2n) is 4.76. The molecular formula is C16H24O4P+. The summed E-state index contributed by atoms with van der Waals surface area (Å²) in [7, 11) is -1.78. The minimum atomic E-state index is -1.78. The molecule has 0 saturated carbocycles. The number of ether oxygens (including phenoxy) is 1. The monoisotopic (exact) mass is 311 g/mol. The van der Waals surface area contributed by atoms with Crippen molar-refractivity contribution in [3.05, 3.63) is 35.9 Å². The fraction of sp³-hybridized carbons (Fsp3) is 0.562. The molecule has 0 heterocycles. The number of benzene rings is 1. The number of hydrogen-bond acceptors (Lipinski definition) is 4. The number of carbonyl (C=O) groups is 1. The van der Waals surface area contributed by atoms with Gasteiger partial charge in [0.05, 0.1) is 13.2 Å². The topological polar surface area (TPSA) is 52.6 Å². The summed E-state index contributed by atoms with van der Waals surface area (Å²) in [6, 6.07) is 10.1. The van der Waals surface area contributed by atoms with Gasteiger partial charge in [-0.1, -0.05) is 30.3 Å². The summed E-state index contributed by atoms with van der Waals surface area (Å²) in [5.74, 6) is -0.613. The Balaban J connectivity index is 2.48. The lowest BCUT2D eigenvalue weighted by Crippen LogP contribution is -2.20. The molecule has 1 rings (SSSR count). The summed E-state index contributed by atoms with van der Waals surface area (Å²) < 4.78 is 21.8. The van der Waals surface area contributed by atoms with E-state index in [4.69, 9.17) is 9.26 Å². The second kappa shape index (κ2) is 10.5. The Hall–Kier alpha value is -1.25. The lowest BCUT2D eigenvalue weighted by molar-refractivity contribution is -0.147. The number of esters is 1. The SMILES string of the molecule is CCOC(=O)C(CCCc1ccccc1)C[P+](=O)OCC. The highest BCUT2D eigenvalue weighted by Crippen LogP contribution is 2.28. The van der Waals surface area contributed by atoms with Gasteiger partial charge in [-0.3, -0.25) is 4.79 Å². The molecule has 0 aliphatic rings. The summed E-state index contributed by atoms with van der Waals surface area (Å²) in [5.41, 5.74) is 1.24. The van der Waals surface area contributed by atoms with Crippen LogP contribution in [0.3, 0.4) is 0 Å². The molecule has 5 heteroatoms. The van der Waals surface area contributed by atoms with Crippen LogP contribution in [0.25, 0.3) is 0 Å². The highest BCUT2D eigenvalue weighted by atomic mass is 31.1. The predicted molar refractivity (Wildman–Crippen MR) is 83.6 cm³/mol. The van der Waals surface area contributed by atoms with Gasteiger partial charge in [0.25, 0.3) is 0 Å². The summed E-state index contributed by atoms with van der Waals surface area (Å²) >= 11 is 0. The third kappa shape index (κ3) is 7.35. The van der Waals surface area contributed by atoms with Crippen LogP contribution in [0.15, 0.2) is 30.3 Å². The van der Waals surface area contributed by atoms with Gasteiger partial charge in [0, 0.05) is 0 Å². The zero-order chi connectivity index (χ0) is 15.5. The van der Waals surface area contributed by atoms with Crippen molar-refractivity contribution >= 4 is 14.0 Å². The zero-order valence-electron chi connectivity index (χ0n) is 12.8. The predicted octanol–water partition coefficient (Wildman–Crippen LogP) is 3.97. The number of carbonyl (C=O) groups excluding carboxylic acids is 1. The normalized spacial score (nSPS) is 12.8. The molecule has 1 aromatic carbocycles. The molecule has 21 heavy (non-hydrogen) atoms. The molecule has 116 valence electrons. The van der Waals surface area contributed by atoms with E-state index in [2.05, 4.69) is 12.1 Å². The van der Waals surface area contributed by atoms with Gasteiger partial charge in [-0.2, -0.15) is 0 Å². The smallest absolute Gasteiger partial charge is 0.466 e. The van der Waals surface area contributed by atoms with E-state index in [1.807, 2.05) is 18.2 Å². The van der Waals surface area contributed by atoms with Crippen molar-refractivity contribution in [2.75, 3.05) is 19.4 Å². The molecule has 0 aromatic heterocycles. The number of aryl methyl sites for hydroxylation is 1. The molecule has 0 spiro atoms. The molecule has 0 radical (unpaired) electrons. The molecule has 0 amide bonds. The van der Waals surface area contributed by atoms with Gasteiger partial charge >= 0.3 is 14.0 Å². The maximum absolute atomic E-state index is 11.9. The van der Waals surface area contributed by atoms with Crippen LogP contribution in [0.2, 0.25) is 0 Å².